The molecule has 4 aliphatic rings. The Labute approximate surface area is 333 Å². The van der Waals surface area contributed by atoms with Crippen molar-refractivity contribution in [2.75, 3.05) is 13.1 Å². The highest BCUT2D eigenvalue weighted by Crippen LogP contribution is 2.45. The lowest BCUT2D eigenvalue weighted by Gasteiger charge is -2.30. The highest BCUT2D eigenvalue weighted by atomic mass is 32.2. The number of hydrogen-bond acceptors (Lipinski definition) is 12. The Morgan fingerprint density at radius 2 is 1.84 bits per heavy atom. The van der Waals surface area contributed by atoms with Crippen molar-refractivity contribution in [3.8, 4) is 0 Å². The number of nitrogens with one attached hydrogen (secondary N) is 4. The number of furan rings is 1. The van der Waals surface area contributed by atoms with E-state index < -0.39 is 111 Å². The smallest absolute Gasteiger partial charge is 0.410 e. The van der Waals surface area contributed by atoms with Crippen LogP contribution in [-0.4, -0.2) is 107 Å². The van der Waals surface area contributed by atoms with Crippen molar-refractivity contribution in [1.29, 1.82) is 0 Å². The summed E-state index contributed by atoms with van der Waals surface area (Å²) in [5.74, 6) is -5.27. The van der Waals surface area contributed by atoms with Gasteiger partial charge in [0.25, 0.3) is 11.8 Å². The number of benzene rings is 1. The van der Waals surface area contributed by atoms with Gasteiger partial charge in [0.15, 0.2) is 11.5 Å². The van der Waals surface area contributed by atoms with Crippen LogP contribution in [0.1, 0.15) is 85.4 Å². The number of amides is 6. The maximum Gasteiger partial charge on any atom is 0.410 e. The molecule has 0 radical (unpaired) electrons. The number of ketones is 1. The third-order valence-corrected chi connectivity index (χ3v) is 12.0. The molecule has 58 heavy (non-hydrogen) atoms. The summed E-state index contributed by atoms with van der Waals surface area (Å²) >= 11 is 0. The van der Waals surface area contributed by atoms with Crippen LogP contribution < -0.4 is 20.7 Å². The van der Waals surface area contributed by atoms with Gasteiger partial charge in [-0.2, -0.15) is 0 Å². The standard InChI is InChI=1S/C38H45FN6O12S/c1-6-23-14-38(23,34(50)43-58(53,54)25-10-11-25)42-32(48)29-13-24(56-36(52)44-16-21-8-7-9-27(39)26(21)18-44)17-45(29)33(49)28(41-35(51)57-37(3,4)5)15-40-31(47)22-12-30(20(2)46)55-19-22/h6-9,12,19,23-25,28-29H,1,10-11,13-18H2,2-5H3,(H,40,47)(H,41,51)(H,42,48)(H,43,50)/t23?,24-,28+,29+,38-/m1/s1. The highest BCUT2D eigenvalue weighted by Gasteiger charge is 2.62. The fourth-order valence-electron chi connectivity index (χ4n) is 6.91. The summed E-state index contributed by atoms with van der Waals surface area (Å²) in [6, 6.07) is 2.59. The van der Waals surface area contributed by atoms with Gasteiger partial charge in [0.05, 0.1) is 23.9 Å². The van der Waals surface area contributed by atoms with E-state index in [1.54, 1.807) is 26.8 Å². The quantitative estimate of drug-likeness (QED) is 0.168. The zero-order valence-corrected chi connectivity index (χ0v) is 33.1. The Morgan fingerprint density at radius 3 is 2.45 bits per heavy atom. The molecule has 6 amide bonds. The van der Waals surface area contributed by atoms with Crippen LogP contribution in [0.2, 0.25) is 0 Å². The van der Waals surface area contributed by atoms with E-state index in [4.69, 9.17) is 13.9 Å². The summed E-state index contributed by atoms with van der Waals surface area (Å²) in [7, 11) is -4.01. The second-order valence-corrected chi connectivity index (χ2v) is 17.8. The number of alkyl carbamates (subject to hydrolysis) is 1. The third-order valence-electron chi connectivity index (χ3n) is 10.2. The lowest BCUT2D eigenvalue weighted by molar-refractivity contribution is -0.141. The predicted octanol–water partition coefficient (Wildman–Crippen LogP) is 2.04. The van der Waals surface area contributed by atoms with Crippen LogP contribution in [0.25, 0.3) is 0 Å². The Kier molecular flexibility index (Phi) is 11.4. The number of carbonyl (C=O) groups is 7. The molecule has 0 bridgehead atoms. The lowest BCUT2D eigenvalue weighted by Crippen LogP contribution is -2.59. The zero-order chi connectivity index (χ0) is 42.3. The molecule has 1 unspecified atom stereocenters. The van der Waals surface area contributed by atoms with Crippen LogP contribution in [0.4, 0.5) is 14.0 Å². The van der Waals surface area contributed by atoms with Gasteiger partial charge >= 0.3 is 12.2 Å². The van der Waals surface area contributed by atoms with E-state index in [9.17, 15) is 46.4 Å². The second kappa shape index (κ2) is 15.9. The van der Waals surface area contributed by atoms with Crippen molar-refractivity contribution in [3.05, 3.63) is 71.5 Å². The first-order valence-corrected chi connectivity index (χ1v) is 20.2. The van der Waals surface area contributed by atoms with Crippen LogP contribution >= 0.6 is 0 Å². The number of Topliss-reactive ketones (excluding diaryl/α,β-unsaturated/α-hetero) is 1. The molecule has 2 aromatic rings. The van der Waals surface area contributed by atoms with Crippen molar-refractivity contribution in [1.82, 2.24) is 30.5 Å². The maximum absolute atomic E-state index is 14.5. The van der Waals surface area contributed by atoms with Crippen LogP contribution in [-0.2, 0) is 47.0 Å². The number of halogens is 1. The number of likely N-dealkylation sites (tertiary alicyclic amines) is 1. The van der Waals surface area contributed by atoms with Crippen molar-refractivity contribution >= 4 is 51.6 Å². The zero-order valence-electron chi connectivity index (χ0n) is 32.3. The van der Waals surface area contributed by atoms with E-state index in [1.807, 2.05) is 0 Å². The largest absolute Gasteiger partial charge is 0.460 e. The van der Waals surface area contributed by atoms with Gasteiger partial charge in [-0.15, -0.1) is 6.58 Å². The monoisotopic (exact) mass is 828 g/mol. The lowest BCUT2D eigenvalue weighted by atomic mass is 10.1. The van der Waals surface area contributed by atoms with Crippen LogP contribution in [0.15, 0.2) is 47.6 Å². The molecule has 18 nitrogen and oxygen atoms in total. The minimum absolute atomic E-state index is 0.00757. The van der Waals surface area contributed by atoms with Gasteiger partial charge in [0, 0.05) is 44.0 Å². The minimum Gasteiger partial charge on any atom is -0.460 e. The molecule has 1 aromatic heterocycles. The molecule has 6 rings (SSSR count). The molecular formula is C38H45FN6O12S. The normalized spacial score (nSPS) is 22.9. The van der Waals surface area contributed by atoms with Gasteiger partial charge in [-0.1, -0.05) is 18.2 Å². The number of hydrogen-bond donors (Lipinski definition) is 4. The molecular weight excluding hydrogens is 784 g/mol. The van der Waals surface area contributed by atoms with Crippen molar-refractivity contribution in [2.24, 2.45) is 5.92 Å². The topological polar surface area (TPSA) is 240 Å². The van der Waals surface area contributed by atoms with E-state index in [2.05, 4.69) is 27.3 Å². The van der Waals surface area contributed by atoms with E-state index in [1.165, 1.54) is 36.1 Å². The van der Waals surface area contributed by atoms with Gasteiger partial charge in [0.2, 0.25) is 21.8 Å². The van der Waals surface area contributed by atoms with Crippen molar-refractivity contribution < 1.29 is 60.3 Å². The number of sulfonamides is 1. The number of carbonyl (C=O) groups excluding carboxylic acids is 7. The fourth-order valence-corrected chi connectivity index (χ4v) is 8.27. The Balaban J connectivity index is 1.25. The van der Waals surface area contributed by atoms with E-state index in [0.717, 1.165) is 11.2 Å². The third kappa shape index (κ3) is 9.16. The summed E-state index contributed by atoms with van der Waals surface area (Å²) in [6.07, 6.45) is -0.148. The van der Waals surface area contributed by atoms with Crippen molar-refractivity contribution in [2.45, 2.75) is 101 Å². The molecule has 0 spiro atoms. The first-order chi connectivity index (χ1) is 27.2. The molecule has 2 aliphatic carbocycles. The van der Waals surface area contributed by atoms with Gasteiger partial charge in [0.1, 0.15) is 41.4 Å². The summed E-state index contributed by atoms with van der Waals surface area (Å²) in [4.78, 5) is 95.7. The highest BCUT2D eigenvalue weighted by molar-refractivity contribution is 7.91. The van der Waals surface area contributed by atoms with E-state index in [-0.39, 0.29) is 37.3 Å². The van der Waals surface area contributed by atoms with Gasteiger partial charge in [-0.05, 0) is 51.7 Å². The average Bonchev–Trinajstić information content (AvgIpc) is 3.93. The number of rotatable bonds is 13. The first-order valence-electron chi connectivity index (χ1n) is 18.6. The predicted molar refractivity (Wildman–Crippen MR) is 199 cm³/mol. The molecule has 3 fully saturated rings. The molecule has 20 heteroatoms. The van der Waals surface area contributed by atoms with Gasteiger partial charge in [-0.25, -0.2) is 22.4 Å². The number of nitrogens with zero attached hydrogens (tertiary/aromatic N) is 2. The van der Waals surface area contributed by atoms with Crippen molar-refractivity contribution in [3.63, 3.8) is 0 Å². The van der Waals surface area contributed by atoms with Crippen LogP contribution in [0.5, 0.6) is 0 Å². The van der Waals surface area contributed by atoms with Gasteiger partial charge < -0.3 is 34.7 Å². The summed E-state index contributed by atoms with van der Waals surface area (Å²) in [5.41, 5.74) is -1.89. The molecule has 2 saturated carbocycles. The second-order valence-electron chi connectivity index (χ2n) is 15.8. The molecule has 1 aromatic carbocycles. The molecule has 3 heterocycles. The SMILES string of the molecule is C=CC1C[C@]1(NC(=O)[C@@H]1C[C@@H](OC(=O)N2Cc3cccc(F)c3C2)CN1C(=O)[C@H](CNC(=O)c1coc(C(C)=O)c1)NC(=O)OC(C)(C)C)C(=O)NS(=O)(=O)C1CC1. The van der Waals surface area contributed by atoms with Gasteiger partial charge in [-0.3, -0.25) is 33.6 Å². The average molecular weight is 829 g/mol. The molecule has 2 aliphatic heterocycles. The molecule has 4 N–H and O–H groups in total. The first kappa shape index (κ1) is 41.8. The summed E-state index contributed by atoms with van der Waals surface area (Å²) in [6.45, 7) is 8.68. The Hall–Kier alpha value is -5.79. The van der Waals surface area contributed by atoms with Crippen LogP contribution in [0, 0.1) is 11.7 Å². The summed E-state index contributed by atoms with van der Waals surface area (Å²) in [5, 5.41) is 6.81. The minimum atomic E-state index is -4.01. The number of fused-ring (bicyclic) bond motifs is 1. The Morgan fingerprint density at radius 1 is 1.12 bits per heavy atom. The summed E-state index contributed by atoms with van der Waals surface area (Å²) < 4.78 is 58.2. The van der Waals surface area contributed by atoms with E-state index >= 15 is 0 Å². The maximum atomic E-state index is 14.5. The van der Waals surface area contributed by atoms with E-state index in [0.29, 0.717) is 24.0 Å². The fraction of sp³-hybridized carbons (Fsp3) is 0.500. The number of ether oxygens (including phenoxy) is 2. The molecule has 5 atom stereocenters. The Bertz CT molecular complexity index is 2160. The van der Waals surface area contributed by atoms with Crippen LogP contribution in [0.3, 0.4) is 0 Å². The molecule has 312 valence electrons. The molecule has 1 saturated heterocycles.